The van der Waals surface area contributed by atoms with Gasteiger partial charge in [-0.1, -0.05) is 6.07 Å². The lowest BCUT2D eigenvalue weighted by molar-refractivity contribution is 0.225. The lowest BCUT2D eigenvalue weighted by Crippen LogP contribution is -2.43. The zero-order chi connectivity index (χ0) is 13.3. The summed E-state index contributed by atoms with van der Waals surface area (Å²) in [7, 11) is 0. The van der Waals surface area contributed by atoms with E-state index in [0.29, 0.717) is 11.8 Å². The first-order valence-electron chi connectivity index (χ1n) is 6.87. The van der Waals surface area contributed by atoms with E-state index in [9.17, 15) is 4.39 Å². The molecule has 1 aliphatic rings. The minimum Gasteiger partial charge on any atom is -0.312 e. The van der Waals surface area contributed by atoms with Crippen LogP contribution in [0.5, 0.6) is 0 Å². The Hall–Kier alpha value is -0.890. The molecule has 100 valence electrons. The Morgan fingerprint density at radius 3 is 2.44 bits per heavy atom. The second kappa shape index (κ2) is 5.00. The predicted molar refractivity (Wildman–Crippen MR) is 74.4 cm³/mol. The van der Waals surface area contributed by atoms with E-state index in [1.54, 1.807) is 12.1 Å². The van der Waals surface area contributed by atoms with Gasteiger partial charge in [0.1, 0.15) is 5.82 Å². The molecule has 1 saturated carbocycles. The number of benzene rings is 1. The maximum absolute atomic E-state index is 13.4. The van der Waals surface area contributed by atoms with Crippen LogP contribution in [0.2, 0.25) is 0 Å². The first-order valence-corrected chi connectivity index (χ1v) is 6.87. The SMILES string of the molecule is Cc1cc(F)cc(C2CCC2CNC(C)(C)C)c1. The van der Waals surface area contributed by atoms with Crippen molar-refractivity contribution in [1.29, 1.82) is 0 Å². The van der Waals surface area contributed by atoms with E-state index >= 15 is 0 Å². The second-order valence-electron chi connectivity index (χ2n) is 6.64. The van der Waals surface area contributed by atoms with Crippen LogP contribution in [-0.4, -0.2) is 12.1 Å². The summed E-state index contributed by atoms with van der Waals surface area (Å²) in [5.74, 6) is 1.10. The molecule has 2 heteroatoms. The summed E-state index contributed by atoms with van der Waals surface area (Å²) in [6, 6.07) is 5.45. The van der Waals surface area contributed by atoms with Gasteiger partial charge in [0.2, 0.25) is 0 Å². The minimum absolute atomic E-state index is 0.0977. The Morgan fingerprint density at radius 2 is 1.94 bits per heavy atom. The van der Waals surface area contributed by atoms with Crippen molar-refractivity contribution in [2.75, 3.05) is 6.54 Å². The highest BCUT2D eigenvalue weighted by atomic mass is 19.1. The molecule has 1 aromatic rings. The molecule has 1 aliphatic carbocycles. The van der Waals surface area contributed by atoms with Crippen LogP contribution in [0, 0.1) is 18.7 Å². The van der Waals surface area contributed by atoms with E-state index in [0.717, 1.165) is 12.1 Å². The van der Waals surface area contributed by atoms with Gasteiger partial charge in [0.15, 0.2) is 0 Å². The monoisotopic (exact) mass is 249 g/mol. The molecule has 0 aromatic heterocycles. The third-order valence-electron chi connectivity index (χ3n) is 3.80. The highest BCUT2D eigenvalue weighted by Crippen LogP contribution is 2.42. The third-order valence-corrected chi connectivity index (χ3v) is 3.80. The Balaban J connectivity index is 2.01. The van der Waals surface area contributed by atoms with Crippen LogP contribution in [0.15, 0.2) is 18.2 Å². The Bertz CT molecular complexity index is 399. The number of hydrogen-bond acceptors (Lipinski definition) is 1. The lowest BCUT2D eigenvalue weighted by Gasteiger charge is -2.39. The van der Waals surface area contributed by atoms with E-state index in [1.807, 2.05) is 6.92 Å². The number of aryl methyl sites for hydroxylation is 1. The molecule has 1 N–H and O–H groups in total. The minimum atomic E-state index is -0.0977. The number of hydrogen-bond donors (Lipinski definition) is 1. The molecule has 0 bridgehead atoms. The fourth-order valence-corrected chi connectivity index (χ4v) is 2.67. The van der Waals surface area contributed by atoms with Gasteiger partial charge in [0.05, 0.1) is 0 Å². The molecule has 0 amide bonds. The molecule has 0 aliphatic heterocycles. The van der Waals surface area contributed by atoms with Crippen molar-refractivity contribution in [1.82, 2.24) is 5.32 Å². The van der Waals surface area contributed by atoms with Crippen LogP contribution in [0.1, 0.15) is 50.7 Å². The summed E-state index contributed by atoms with van der Waals surface area (Å²) >= 11 is 0. The normalized spacial score (nSPS) is 23.8. The van der Waals surface area contributed by atoms with Gasteiger partial charge in [0, 0.05) is 5.54 Å². The highest BCUT2D eigenvalue weighted by Gasteiger charge is 2.32. The summed E-state index contributed by atoms with van der Waals surface area (Å²) in [4.78, 5) is 0. The zero-order valence-electron chi connectivity index (χ0n) is 11.9. The van der Waals surface area contributed by atoms with Crippen molar-refractivity contribution in [2.24, 2.45) is 5.92 Å². The van der Waals surface area contributed by atoms with Gasteiger partial charge < -0.3 is 5.32 Å². The molecule has 1 aromatic carbocycles. The topological polar surface area (TPSA) is 12.0 Å². The molecule has 2 unspecified atom stereocenters. The van der Waals surface area contributed by atoms with Gasteiger partial charge in [-0.05, 0) is 82.2 Å². The first-order chi connectivity index (χ1) is 8.35. The maximum atomic E-state index is 13.4. The molecule has 2 rings (SSSR count). The van der Waals surface area contributed by atoms with Crippen molar-refractivity contribution < 1.29 is 4.39 Å². The van der Waals surface area contributed by atoms with E-state index < -0.39 is 0 Å². The van der Waals surface area contributed by atoms with Crippen LogP contribution in [0.25, 0.3) is 0 Å². The molecule has 1 fully saturated rings. The van der Waals surface area contributed by atoms with E-state index in [1.165, 1.54) is 18.4 Å². The average Bonchev–Trinajstić information content (AvgIpc) is 2.11. The fraction of sp³-hybridized carbons (Fsp3) is 0.625. The Kier molecular flexibility index (Phi) is 3.76. The van der Waals surface area contributed by atoms with E-state index in [2.05, 4.69) is 32.2 Å². The van der Waals surface area contributed by atoms with Crippen LogP contribution in [0.4, 0.5) is 4.39 Å². The van der Waals surface area contributed by atoms with E-state index in [-0.39, 0.29) is 11.4 Å². The van der Waals surface area contributed by atoms with Crippen molar-refractivity contribution in [3.63, 3.8) is 0 Å². The molecule has 0 spiro atoms. The summed E-state index contributed by atoms with van der Waals surface area (Å²) < 4.78 is 13.4. The van der Waals surface area contributed by atoms with Crippen LogP contribution >= 0.6 is 0 Å². The van der Waals surface area contributed by atoms with Crippen molar-refractivity contribution in [3.05, 3.63) is 35.1 Å². The van der Waals surface area contributed by atoms with Gasteiger partial charge in [-0.3, -0.25) is 0 Å². The molecule has 2 atom stereocenters. The van der Waals surface area contributed by atoms with E-state index in [4.69, 9.17) is 0 Å². The van der Waals surface area contributed by atoms with Crippen molar-refractivity contribution in [2.45, 2.75) is 52.0 Å². The zero-order valence-corrected chi connectivity index (χ0v) is 11.9. The standard InChI is InChI=1S/C16H24FN/c1-11-7-13(9-14(17)8-11)15-6-5-12(15)10-18-16(2,3)4/h7-9,12,15,18H,5-6,10H2,1-4H3. The average molecular weight is 249 g/mol. The van der Waals surface area contributed by atoms with Gasteiger partial charge in [-0.25, -0.2) is 4.39 Å². The molecule has 1 nitrogen and oxygen atoms in total. The number of nitrogens with one attached hydrogen (secondary N) is 1. The van der Waals surface area contributed by atoms with Crippen molar-refractivity contribution >= 4 is 0 Å². The quantitative estimate of drug-likeness (QED) is 0.853. The molecular weight excluding hydrogens is 225 g/mol. The van der Waals surface area contributed by atoms with Gasteiger partial charge in [0.25, 0.3) is 0 Å². The fourth-order valence-electron chi connectivity index (χ4n) is 2.67. The molecular formula is C16H24FN. The maximum Gasteiger partial charge on any atom is 0.123 e. The third kappa shape index (κ3) is 3.32. The Morgan fingerprint density at radius 1 is 1.22 bits per heavy atom. The van der Waals surface area contributed by atoms with Crippen LogP contribution < -0.4 is 5.32 Å². The molecule has 0 heterocycles. The summed E-state index contributed by atoms with van der Waals surface area (Å²) in [5, 5.41) is 3.56. The van der Waals surface area contributed by atoms with Gasteiger partial charge in [-0.2, -0.15) is 0 Å². The van der Waals surface area contributed by atoms with Gasteiger partial charge >= 0.3 is 0 Å². The largest absolute Gasteiger partial charge is 0.312 e. The number of rotatable bonds is 3. The second-order valence-corrected chi connectivity index (χ2v) is 6.64. The molecule has 18 heavy (non-hydrogen) atoms. The van der Waals surface area contributed by atoms with Crippen LogP contribution in [0.3, 0.4) is 0 Å². The molecule has 0 radical (unpaired) electrons. The Labute approximate surface area is 110 Å². The first kappa shape index (κ1) is 13.5. The highest BCUT2D eigenvalue weighted by molar-refractivity contribution is 5.28. The van der Waals surface area contributed by atoms with Crippen LogP contribution in [-0.2, 0) is 0 Å². The smallest absolute Gasteiger partial charge is 0.123 e. The summed E-state index contributed by atoms with van der Waals surface area (Å²) in [5.41, 5.74) is 2.37. The van der Waals surface area contributed by atoms with Gasteiger partial charge in [-0.15, -0.1) is 0 Å². The lowest BCUT2D eigenvalue weighted by atomic mass is 9.69. The summed E-state index contributed by atoms with van der Waals surface area (Å²) in [6.45, 7) is 9.56. The predicted octanol–water partition coefficient (Wildman–Crippen LogP) is 4.02. The molecule has 0 saturated heterocycles. The number of halogens is 1. The van der Waals surface area contributed by atoms with Crippen molar-refractivity contribution in [3.8, 4) is 0 Å². The summed E-state index contributed by atoms with van der Waals surface area (Å²) in [6.07, 6.45) is 2.45.